The summed E-state index contributed by atoms with van der Waals surface area (Å²) in [5.74, 6) is 0. The minimum Gasteiger partial charge on any atom is -0.282 e. The first-order valence-corrected chi connectivity index (χ1v) is 7.56. The average Bonchev–Trinajstić information content (AvgIpc) is 2.45. The number of nitro groups is 2. The molecule has 10 heteroatoms. The fraction of sp³-hybridized carbons (Fsp3) is 0.0769. The Bertz CT molecular complexity index is 922. The van der Waals surface area contributed by atoms with Crippen LogP contribution in [0.3, 0.4) is 0 Å². The topological polar surface area (TPSA) is 141 Å². The molecule has 0 fully saturated rings. The summed E-state index contributed by atoms with van der Waals surface area (Å²) in [6.45, 7) is 1.63. The summed E-state index contributed by atoms with van der Waals surface area (Å²) >= 11 is 0. The van der Waals surface area contributed by atoms with Crippen molar-refractivity contribution in [2.45, 2.75) is 11.8 Å². The van der Waals surface area contributed by atoms with Crippen LogP contribution in [0.15, 0.2) is 41.3 Å². The molecule has 0 aliphatic rings. The van der Waals surface area contributed by atoms with E-state index < -0.39 is 36.2 Å². The number of aryl methyl sites for hydroxylation is 1. The van der Waals surface area contributed by atoms with Gasteiger partial charge in [-0.05, 0) is 25.1 Å². The lowest BCUT2D eigenvalue weighted by Crippen LogP contribution is -2.03. The number of hydrogen-bond acceptors (Lipinski definition) is 6. The zero-order chi connectivity index (χ0) is 17.4. The largest absolute Gasteiger partial charge is 0.295 e. The molecule has 2 aromatic carbocycles. The van der Waals surface area contributed by atoms with E-state index in [-0.39, 0.29) is 11.1 Å². The SMILES string of the molecule is Cc1ccc(S(=O)(=O)O)c(-c2ccc([N+](=O)[O-])cc2[N+](=O)[O-])c1. The summed E-state index contributed by atoms with van der Waals surface area (Å²) in [4.78, 5) is 19.8. The standard InChI is InChI=1S/C13H10N2O7S/c1-8-2-5-13(23(20,21)22)11(6-8)10-4-3-9(14(16)17)7-12(10)15(18)19/h2-7H,1H3,(H,20,21,22). The van der Waals surface area contributed by atoms with Crippen molar-refractivity contribution in [1.82, 2.24) is 0 Å². The molecule has 0 radical (unpaired) electrons. The molecule has 0 saturated heterocycles. The predicted octanol–water partition coefficient (Wildman–Crippen LogP) is 2.73. The molecule has 0 atom stereocenters. The van der Waals surface area contributed by atoms with Gasteiger partial charge in [0.2, 0.25) is 0 Å². The number of hydrogen-bond donors (Lipinski definition) is 1. The second kappa shape index (κ2) is 5.74. The number of rotatable bonds is 4. The molecule has 0 bridgehead atoms. The van der Waals surface area contributed by atoms with Gasteiger partial charge in [-0.15, -0.1) is 0 Å². The Morgan fingerprint density at radius 2 is 1.61 bits per heavy atom. The molecule has 0 spiro atoms. The van der Waals surface area contributed by atoms with Crippen LogP contribution in [0.2, 0.25) is 0 Å². The Morgan fingerprint density at radius 3 is 2.13 bits per heavy atom. The summed E-state index contributed by atoms with van der Waals surface area (Å²) in [7, 11) is -4.62. The highest BCUT2D eigenvalue weighted by Gasteiger charge is 2.25. The van der Waals surface area contributed by atoms with E-state index in [1.165, 1.54) is 12.1 Å². The summed E-state index contributed by atoms with van der Waals surface area (Å²) in [5, 5.41) is 21.9. The Morgan fingerprint density at radius 1 is 0.957 bits per heavy atom. The summed E-state index contributed by atoms with van der Waals surface area (Å²) in [6, 6.07) is 6.73. The van der Waals surface area contributed by atoms with E-state index >= 15 is 0 Å². The molecule has 0 aliphatic carbocycles. The maximum absolute atomic E-state index is 11.5. The quantitative estimate of drug-likeness (QED) is 0.513. The zero-order valence-electron chi connectivity index (χ0n) is 11.7. The summed E-state index contributed by atoms with van der Waals surface area (Å²) < 4.78 is 32.2. The highest BCUT2D eigenvalue weighted by Crippen LogP contribution is 2.37. The monoisotopic (exact) mass is 338 g/mol. The Labute approximate surface area is 130 Å². The first kappa shape index (κ1) is 16.5. The van der Waals surface area contributed by atoms with E-state index in [2.05, 4.69) is 0 Å². The van der Waals surface area contributed by atoms with Crippen molar-refractivity contribution in [3.63, 3.8) is 0 Å². The van der Waals surface area contributed by atoms with Crippen molar-refractivity contribution < 1.29 is 22.8 Å². The maximum atomic E-state index is 11.5. The van der Waals surface area contributed by atoms with Gasteiger partial charge < -0.3 is 0 Å². The zero-order valence-corrected chi connectivity index (χ0v) is 12.5. The highest BCUT2D eigenvalue weighted by molar-refractivity contribution is 7.86. The lowest BCUT2D eigenvalue weighted by Gasteiger charge is -2.09. The van der Waals surface area contributed by atoms with Crippen molar-refractivity contribution in [2.75, 3.05) is 0 Å². The molecular weight excluding hydrogens is 328 g/mol. The van der Waals surface area contributed by atoms with Gasteiger partial charge in [-0.1, -0.05) is 11.6 Å². The van der Waals surface area contributed by atoms with Crippen molar-refractivity contribution in [1.29, 1.82) is 0 Å². The third kappa shape index (κ3) is 3.33. The minimum absolute atomic E-state index is 0.103. The van der Waals surface area contributed by atoms with Gasteiger partial charge in [0, 0.05) is 11.6 Å². The normalized spacial score (nSPS) is 11.2. The fourth-order valence-corrected chi connectivity index (χ4v) is 2.78. The first-order chi connectivity index (χ1) is 10.6. The molecule has 0 heterocycles. The third-order valence-electron chi connectivity index (χ3n) is 3.09. The van der Waals surface area contributed by atoms with E-state index in [1.807, 2.05) is 0 Å². The summed E-state index contributed by atoms with van der Waals surface area (Å²) in [5.41, 5.74) is -0.776. The average molecular weight is 338 g/mol. The third-order valence-corrected chi connectivity index (χ3v) is 4.00. The predicted molar refractivity (Wildman–Crippen MR) is 79.7 cm³/mol. The van der Waals surface area contributed by atoms with E-state index in [4.69, 9.17) is 0 Å². The van der Waals surface area contributed by atoms with Gasteiger partial charge in [-0.2, -0.15) is 8.42 Å². The van der Waals surface area contributed by atoms with Crippen LogP contribution in [-0.2, 0) is 10.1 Å². The van der Waals surface area contributed by atoms with Crippen molar-refractivity contribution in [3.05, 3.63) is 62.2 Å². The highest BCUT2D eigenvalue weighted by atomic mass is 32.2. The molecule has 120 valence electrons. The molecule has 0 unspecified atom stereocenters. The van der Waals surface area contributed by atoms with Crippen molar-refractivity contribution in [3.8, 4) is 11.1 Å². The molecule has 0 aliphatic heterocycles. The maximum Gasteiger partial charge on any atom is 0.295 e. The van der Waals surface area contributed by atoms with Gasteiger partial charge in [-0.3, -0.25) is 24.8 Å². The van der Waals surface area contributed by atoms with Gasteiger partial charge in [0.15, 0.2) is 0 Å². The van der Waals surface area contributed by atoms with Crippen LogP contribution >= 0.6 is 0 Å². The first-order valence-electron chi connectivity index (χ1n) is 6.12. The minimum atomic E-state index is -4.62. The van der Waals surface area contributed by atoms with Crippen molar-refractivity contribution >= 4 is 21.5 Å². The van der Waals surface area contributed by atoms with Gasteiger partial charge in [-0.25, -0.2) is 0 Å². The van der Waals surface area contributed by atoms with Crippen LogP contribution in [0.4, 0.5) is 11.4 Å². The van der Waals surface area contributed by atoms with Crippen molar-refractivity contribution in [2.24, 2.45) is 0 Å². The number of benzene rings is 2. The smallest absolute Gasteiger partial charge is 0.282 e. The fourth-order valence-electron chi connectivity index (χ4n) is 2.09. The molecule has 2 rings (SSSR count). The van der Waals surface area contributed by atoms with Gasteiger partial charge >= 0.3 is 0 Å². The van der Waals surface area contributed by atoms with Crippen LogP contribution in [-0.4, -0.2) is 22.8 Å². The second-order valence-corrected chi connectivity index (χ2v) is 6.08. The number of nitrogens with zero attached hydrogens (tertiary/aromatic N) is 2. The van der Waals surface area contributed by atoms with Crippen LogP contribution in [0, 0.1) is 27.2 Å². The molecule has 1 N–H and O–H groups in total. The van der Waals surface area contributed by atoms with E-state index in [0.29, 0.717) is 5.56 Å². The molecular formula is C13H10N2O7S. The van der Waals surface area contributed by atoms with Gasteiger partial charge in [0.25, 0.3) is 21.5 Å². The van der Waals surface area contributed by atoms with Gasteiger partial charge in [0.05, 0.1) is 21.5 Å². The summed E-state index contributed by atoms with van der Waals surface area (Å²) in [6.07, 6.45) is 0. The van der Waals surface area contributed by atoms with Gasteiger partial charge in [0.1, 0.15) is 4.90 Å². The Hall–Kier alpha value is -2.85. The molecule has 0 aromatic heterocycles. The molecule has 2 aromatic rings. The Balaban J connectivity index is 2.84. The van der Waals surface area contributed by atoms with E-state index in [1.54, 1.807) is 6.92 Å². The molecule has 9 nitrogen and oxygen atoms in total. The Kier molecular flexibility index (Phi) is 4.12. The molecule has 23 heavy (non-hydrogen) atoms. The molecule has 0 saturated carbocycles. The van der Waals surface area contributed by atoms with Crippen LogP contribution < -0.4 is 0 Å². The second-order valence-electron chi connectivity index (χ2n) is 4.69. The number of non-ortho nitro benzene ring substituents is 1. The molecule has 0 amide bonds. The van der Waals surface area contributed by atoms with Crippen LogP contribution in [0.1, 0.15) is 5.56 Å². The van der Waals surface area contributed by atoms with E-state index in [0.717, 1.165) is 24.3 Å². The van der Waals surface area contributed by atoms with E-state index in [9.17, 15) is 33.2 Å². The lowest BCUT2D eigenvalue weighted by molar-refractivity contribution is -0.393. The van der Waals surface area contributed by atoms with Crippen LogP contribution in [0.5, 0.6) is 0 Å². The number of nitro benzene ring substituents is 2. The van der Waals surface area contributed by atoms with Crippen LogP contribution in [0.25, 0.3) is 11.1 Å². The lowest BCUT2D eigenvalue weighted by atomic mass is 10.0.